The second-order valence-electron chi connectivity index (χ2n) is 6.56. The summed E-state index contributed by atoms with van der Waals surface area (Å²) in [6.45, 7) is 3.34. The van der Waals surface area contributed by atoms with Crippen molar-refractivity contribution >= 4 is 33.2 Å². The third-order valence-electron chi connectivity index (χ3n) is 4.33. The Labute approximate surface area is 157 Å². The molecule has 1 saturated carbocycles. The first kappa shape index (κ1) is 18.9. The highest BCUT2D eigenvalue weighted by molar-refractivity contribution is 7.89. The topological polar surface area (TPSA) is 93.1 Å². The van der Waals surface area contributed by atoms with Gasteiger partial charge in [-0.2, -0.15) is 5.10 Å². The summed E-state index contributed by atoms with van der Waals surface area (Å²) in [5.74, 6) is 0.168. The lowest BCUT2D eigenvalue weighted by Crippen LogP contribution is -2.27. The Hall–Kier alpha value is -1.90. The Bertz CT molecular complexity index is 934. The van der Waals surface area contributed by atoms with Gasteiger partial charge in [0.1, 0.15) is 10.0 Å². The van der Waals surface area contributed by atoms with Gasteiger partial charge in [0, 0.05) is 24.7 Å². The zero-order chi connectivity index (χ0) is 19.1. The number of carbonyl (C=O) groups is 1. The third-order valence-corrected chi connectivity index (χ3v) is 6.56. The summed E-state index contributed by atoms with van der Waals surface area (Å²) in [5, 5.41) is 6.97. The monoisotopic (exact) mass is 396 g/mol. The smallest absolute Gasteiger partial charge is 0.246 e. The van der Waals surface area contributed by atoms with E-state index in [2.05, 4.69) is 15.1 Å². The lowest BCUT2D eigenvalue weighted by Gasteiger charge is -2.15. The molecule has 0 radical (unpaired) electrons. The molecular formula is C17H21ClN4O3S. The van der Waals surface area contributed by atoms with Crippen molar-refractivity contribution in [2.24, 2.45) is 13.0 Å². The van der Waals surface area contributed by atoms with E-state index in [0.717, 1.165) is 18.4 Å². The average molecular weight is 397 g/mol. The number of sulfonamides is 1. The van der Waals surface area contributed by atoms with Crippen LogP contribution in [0.5, 0.6) is 0 Å². The molecule has 1 heterocycles. The van der Waals surface area contributed by atoms with Crippen molar-refractivity contribution in [2.45, 2.75) is 37.6 Å². The number of rotatable bonds is 6. The number of aryl methyl sites for hydroxylation is 2. The van der Waals surface area contributed by atoms with E-state index in [-0.39, 0.29) is 21.9 Å². The highest BCUT2D eigenvalue weighted by atomic mass is 35.5. The van der Waals surface area contributed by atoms with Crippen molar-refractivity contribution in [3.8, 4) is 0 Å². The molecule has 1 unspecified atom stereocenters. The number of nitrogens with one attached hydrogen (secondary N) is 2. The molecule has 1 aromatic carbocycles. The fraction of sp³-hybridized carbons (Fsp3) is 0.412. The SMILES string of the molecule is Cc1nn(C)c(Cl)c1S(=O)(=O)NC(C)c1ccc(NC(=O)C2CC2)cc1. The molecule has 2 N–H and O–H groups in total. The Balaban J connectivity index is 1.72. The first-order valence-corrected chi connectivity index (χ1v) is 10.2. The van der Waals surface area contributed by atoms with Crippen LogP contribution < -0.4 is 10.0 Å². The number of anilines is 1. The summed E-state index contributed by atoms with van der Waals surface area (Å²) >= 11 is 6.07. The van der Waals surface area contributed by atoms with Gasteiger partial charge in [0.15, 0.2) is 0 Å². The summed E-state index contributed by atoms with van der Waals surface area (Å²) in [7, 11) is -2.23. The molecule has 1 aliphatic rings. The normalized spacial score (nSPS) is 15.7. The molecule has 1 fully saturated rings. The molecule has 0 bridgehead atoms. The second-order valence-corrected chi connectivity index (χ2v) is 8.57. The standard InChI is InChI=1S/C17H21ClN4O3S/c1-10(21-26(24,25)15-11(2)20-22(3)16(15)18)12-6-8-14(9-7-12)19-17(23)13-4-5-13/h6-10,13,21H,4-5H2,1-3H3,(H,19,23). The van der Waals surface area contributed by atoms with Crippen LogP contribution in [0.15, 0.2) is 29.2 Å². The first-order valence-electron chi connectivity index (χ1n) is 8.31. The Morgan fingerprint density at radius 2 is 1.92 bits per heavy atom. The van der Waals surface area contributed by atoms with Crippen molar-refractivity contribution < 1.29 is 13.2 Å². The van der Waals surface area contributed by atoms with E-state index in [0.29, 0.717) is 11.4 Å². The summed E-state index contributed by atoms with van der Waals surface area (Å²) in [4.78, 5) is 11.8. The predicted octanol–water partition coefficient (Wildman–Crippen LogP) is 2.77. The van der Waals surface area contributed by atoms with Gasteiger partial charge in [0.05, 0.1) is 5.69 Å². The fourth-order valence-corrected chi connectivity index (χ4v) is 4.70. The Morgan fingerprint density at radius 1 is 1.31 bits per heavy atom. The third kappa shape index (κ3) is 3.92. The van der Waals surface area contributed by atoms with Gasteiger partial charge in [-0.3, -0.25) is 9.48 Å². The second kappa shape index (κ2) is 7.02. The quantitative estimate of drug-likeness (QED) is 0.785. The zero-order valence-electron chi connectivity index (χ0n) is 14.8. The van der Waals surface area contributed by atoms with Crippen LogP contribution in [0.1, 0.15) is 37.1 Å². The van der Waals surface area contributed by atoms with Crippen LogP contribution in [0, 0.1) is 12.8 Å². The molecule has 1 atom stereocenters. The minimum atomic E-state index is -3.82. The van der Waals surface area contributed by atoms with Gasteiger partial charge in [-0.1, -0.05) is 23.7 Å². The molecule has 0 spiro atoms. The lowest BCUT2D eigenvalue weighted by atomic mass is 10.1. The summed E-state index contributed by atoms with van der Waals surface area (Å²) in [6.07, 6.45) is 1.89. The maximum absolute atomic E-state index is 12.7. The molecule has 140 valence electrons. The number of nitrogens with zero attached hydrogens (tertiary/aromatic N) is 2. The largest absolute Gasteiger partial charge is 0.326 e. The molecule has 26 heavy (non-hydrogen) atoms. The first-order chi connectivity index (χ1) is 12.2. The number of amides is 1. The van der Waals surface area contributed by atoms with Crippen LogP contribution in [0.2, 0.25) is 5.15 Å². The average Bonchev–Trinajstić information content (AvgIpc) is 3.35. The van der Waals surface area contributed by atoms with Crippen molar-refractivity contribution in [1.29, 1.82) is 0 Å². The van der Waals surface area contributed by atoms with Gasteiger partial charge in [-0.15, -0.1) is 0 Å². The van der Waals surface area contributed by atoms with Crippen LogP contribution >= 0.6 is 11.6 Å². The molecule has 0 aliphatic heterocycles. The van der Waals surface area contributed by atoms with Crippen LogP contribution in [0.25, 0.3) is 0 Å². The Morgan fingerprint density at radius 3 is 2.42 bits per heavy atom. The summed E-state index contributed by atoms with van der Waals surface area (Å²) in [5.41, 5.74) is 1.82. The van der Waals surface area contributed by atoms with Gasteiger partial charge in [-0.25, -0.2) is 13.1 Å². The van der Waals surface area contributed by atoms with E-state index in [1.807, 2.05) is 0 Å². The molecule has 3 rings (SSSR count). The molecular weight excluding hydrogens is 376 g/mol. The predicted molar refractivity (Wildman–Crippen MR) is 99.5 cm³/mol. The van der Waals surface area contributed by atoms with Crippen molar-refractivity contribution in [3.05, 3.63) is 40.7 Å². The van der Waals surface area contributed by atoms with Crippen LogP contribution in [0.4, 0.5) is 5.69 Å². The van der Waals surface area contributed by atoms with E-state index in [9.17, 15) is 13.2 Å². The Kier molecular flexibility index (Phi) is 5.09. The number of aromatic nitrogens is 2. The summed E-state index contributed by atoms with van der Waals surface area (Å²) in [6, 6.07) is 6.63. The van der Waals surface area contributed by atoms with Crippen LogP contribution in [0.3, 0.4) is 0 Å². The fourth-order valence-electron chi connectivity index (χ4n) is 2.72. The highest BCUT2D eigenvalue weighted by Gasteiger charge is 2.30. The van der Waals surface area contributed by atoms with E-state index < -0.39 is 16.1 Å². The number of carbonyl (C=O) groups excluding carboxylic acids is 1. The van der Waals surface area contributed by atoms with E-state index >= 15 is 0 Å². The van der Waals surface area contributed by atoms with Gasteiger partial charge >= 0.3 is 0 Å². The molecule has 1 aromatic heterocycles. The molecule has 0 saturated heterocycles. The molecule has 2 aromatic rings. The van der Waals surface area contributed by atoms with Crippen LogP contribution in [-0.2, 0) is 21.9 Å². The molecule has 1 aliphatic carbocycles. The van der Waals surface area contributed by atoms with E-state index in [4.69, 9.17) is 11.6 Å². The lowest BCUT2D eigenvalue weighted by molar-refractivity contribution is -0.117. The maximum Gasteiger partial charge on any atom is 0.246 e. The van der Waals surface area contributed by atoms with Gasteiger partial charge in [0.2, 0.25) is 15.9 Å². The highest BCUT2D eigenvalue weighted by Crippen LogP contribution is 2.30. The van der Waals surface area contributed by atoms with Gasteiger partial charge in [0.25, 0.3) is 0 Å². The van der Waals surface area contributed by atoms with E-state index in [1.54, 1.807) is 45.2 Å². The maximum atomic E-state index is 12.7. The minimum Gasteiger partial charge on any atom is -0.326 e. The number of benzene rings is 1. The van der Waals surface area contributed by atoms with Gasteiger partial charge in [-0.05, 0) is 44.4 Å². The zero-order valence-corrected chi connectivity index (χ0v) is 16.4. The minimum absolute atomic E-state index is 0.0122. The number of halogens is 1. The molecule has 1 amide bonds. The number of hydrogen-bond acceptors (Lipinski definition) is 4. The summed E-state index contributed by atoms with van der Waals surface area (Å²) < 4.78 is 29.3. The van der Waals surface area contributed by atoms with Gasteiger partial charge < -0.3 is 5.32 Å². The van der Waals surface area contributed by atoms with E-state index in [1.165, 1.54) is 4.68 Å². The molecule has 7 nitrogen and oxygen atoms in total. The van der Waals surface area contributed by atoms with Crippen LogP contribution in [-0.4, -0.2) is 24.1 Å². The van der Waals surface area contributed by atoms with Crippen molar-refractivity contribution in [3.63, 3.8) is 0 Å². The van der Waals surface area contributed by atoms with Crippen molar-refractivity contribution in [1.82, 2.24) is 14.5 Å². The number of hydrogen-bond donors (Lipinski definition) is 2. The van der Waals surface area contributed by atoms with Crippen molar-refractivity contribution in [2.75, 3.05) is 5.32 Å². The molecule has 9 heteroatoms.